The number of esters is 2. The monoisotopic (exact) mass is 680 g/mol. The van der Waals surface area contributed by atoms with Gasteiger partial charge < -0.3 is 20.9 Å². The number of azo groups is 2. The van der Waals surface area contributed by atoms with Gasteiger partial charge in [-0.3, -0.25) is 0 Å². The number of hydrazone groups is 1. The lowest BCUT2D eigenvalue weighted by Crippen LogP contribution is -2.56. The first-order chi connectivity index (χ1) is 22.4. The van der Waals surface area contributed by atoms with Crippen LogP contribution in [0.4, 0.5) is 27.3 Å². The number of ether oxygens (including phenoxy) is 2. The van der Waals surface area contributed by atoms with E-state index in [0.29, 0.717) is 45.9 Å². The van der Waals surface area contributed by atoms with Gasteiger partial charge in [-0.2, -0.15) is 28.7 Å². The van der Waals surface area contributed by atoms with Crippen LogP contribution in [0.3, 0.4) is 0 Å². The van der Waals surface area contributed by atoms with E-state index in [1.807, 2.05) is 6.92 Å². The maximum Gasteiger partial charge on any atom is 0.342 e. The van der Waals surface area contributed by atoms with E-state index in [9.17, 15) is 9.59 Å². The van der Waals surface area contributed by atoms with Gasteiger partial charge >= 0.3 is 11.9 Å². The highest BCUT2D eigenvalue weighted by atomic mass is 32.1. The Kier molecular flexibility index (Phi) is 9.45. The zero-order chi connectivity index (χ0) is 34.0. The van der Waals surface area contributed by atoms with E-state index < -0.39 is 23.6 Å². The van der Waals surface area contributed by atoms with E-state index in [1.165, 1.54) is 25.2 Å². The van der Waals surface area contributed by atoms with Crippen molar-refractivity contribution in [2.75, 3.05) is 25.0 Å². The molecule has 0 aromatic carbocycles. The van der Waals surface area contributed by atoms with Gasteiger partial charge in [0.2, 0.25) is 0 Å². The molecule has 0 aliphatic carbocycles. The highest BCUT2D eigenvalue weighted by Crippen LogP contribution is 2.37. The van der Waals surface area contributed by atoms with E-state index in [4.69, 9.17) is 26.0 Å². The molecule has 0 spiro atoms. The number of hydrogen-bond acceptors (Lipinski definition) is 19. The minimum absolute atomic E-state index is 0.150. The summed E-state index contributed by atoms with van der Waals surface area (Å²) in [6.45, 7) is 8.88. The molecule has 2 atom stereocenters. The molecule has 18 nitrogen and oxygen atoms in total. The average Bonchev–Trinajstić information content (AvgIpc) is 3.76. The van der Waals surface area contributed by atoms with Crippen LogP contribution >= 0.6 is 23.1 Å². The molecule has 4 aromatic rings. The van der Waals surface area contributed by atoms with Crippen LogP contribution in [0.1, 0.15) is 64.5 Å². The number of aryl methyl sites for hydroxylation is 3. The summed E-state index contributed by atoms with van der Waals surface area (Å²) in [4.78, 5) is 33.3. The first-order valence-corrected chi connectivity index (χ1v) is 15.7. The first kappa shape index (κ1) is 33.3. The van der Waals surface area contributed by atoms with Crippen molar-refractivity contribution in [3.8, 4) is 5.82 Å². The molecule has 0 fully saturated rings. The minimum Gasteiger partial charge on any atom is -0.465 e. The van der Waals surface area contributed by atoms with Crippen molar-refractivity contribution in [2.24, 2.45) is 31.3 Å². The third-order valence-corrected chi connectivity index (χ3v) is 8.82. The standard InChI is InChI=1S/C27H32N14O4S2/c1-8-9-15-21(33-35-24-19(26(43)45-7)13(3)39-47-24)27(5,29)41(37-15)17-10-16(30-11-31-17)40-22(28)20(14(4)36-40)32-34-23-18(25(42)44-6)12(2)38-46-23/h10-11,21H,8-9,28-29H2,1-7H3. The second-order valence-corrected chi connectivity index (χ2v) is 12.0. The maximum atomic E-state index is 12.3. The molecule has 0 amide bonds. The third kappa shape index (κ3) is 6.21. The number of carbonyl (C=O) groups is 2. The number of hydrogen-bond donors (Lipinski definition) is 2. The Morgan fingerprint density at radius 1 is 0.957 bits per heavy atom. The molecule has 20 heteroatoms. The van der Waals surface area contributed by atoms with Crippen LogP contribution in [0.25, 0.3) is 5.82 Å². The Morgan fingerprint density at radius 2 is 1.55 bits per heavy atom. The van der Waals surface area contributed by atoms with Crippen molar-refractivity contribution >= 4 is 68.0 Å². The van der Waals surface area contributed by atoms with Crippen molar-refractivity contribution in [1.29, 1.82) is 0 Å². The summed E-state index contributed by atoms with van der Waals surface area (Å²) in [6.07, 6.45) is 2.71. The average molecular weight is 681 g/mol. The molecule has 4 N–H and O–H groups in total. The first-order valence-electron chi connectivity index (χ1n) is 14.2. The van der Waals surface area contributed by atoms with Gasteiger partial charge in [0.25, 0.3) is 0 Å². The molecule has 1 aliphatic rings. The Bertz CT molecular complexity index is 1930. The van der Waals surface area contributed by atoms with Gasteiger partial charge in [-0.1, -0.05) is 13.3 Å². The summed E-state index contributed by atoms with van der Waals surface area (Å²) in [6, 6.07) is 0.952. The molecule has 47 heavy (non-hydrogen) atoms. The lowest BCUT2D eigenvalue weighted by Gasteiger charge is -2.32. The van der Waals surface area contributed by atoms with Crippen molar-refractivity contribution in [3.63, 3.8) is 0 Å². The van der Waals surface area contributed by atoms with Crippen LogP contribution in [0, 0.1) is 20.8 Å². The number of nitrogens with zero attached hydrogens (tertiary/aromatic N) is 12. The van der Waals surface area contributed by atoms with Crippen LogP contribution in [0.5, 0.6) is 0 Å². The lowest BCUT2D eigenvalue weighted by atomic mass is 9.98. The predicted octanol–water partition coefficient (Wildman–Crippen LogP) is 4.87. The summed E-state index contributed by atoms with van der Waals surface area (Å²) >= 11 is 2.05. The quantitative estimate of drug-likeness (QED) is 0.168. The van der Waals surface area contributed by atoms with Crippen molar-refractivity contribution in [3.05, 3.63) is 40.6 Å². The van der Waals surface area contributed by atoms with Crippen LogP contribution in [0.2, 0.25) is 0 Å². The van der Waals surface area contributed by atoms with Crippen LogP contribution in [0.15, 0.2) is 38.0 Å². The van der Waals surface area contributed by atoms with Gasteiger partial charge in [0.15, 0.2) is 33.1 Å². The number of methoxy groups -OCH3 is 2. The second kappa shape index (κ2) is 13.3. The van der Waals surface area contributed by atoms with Gasteiger partial charge in [-0.05, 0) is 57.2 Å². The second-order valence-electron chi connectivity index (χ2n) is 10.5. The molecule has 246 valence electrons. The normalized spacial score (nSPS) is 18.0. The number of rotatable bonds is 10. The largest absolute Gasteiger partial charge is 0.465 e. The highest BCUT2D eigenvalue weighted by Gasteiger charge is 2.46. The number of anilines is 2. The summed E-state index contributed by atoms with van der Waals surface area (Å²) in [5.41, 5.74) is 15.0. The molecule has 0 radical (unpaired) electrons. The van der Waals surface area contributed by atoms with Crippen LogP contribution < -0.4 is 16.5 Å². The van der Waals surface area contributed by atoms with Crippen molar-refractivity contribution in [1.82, 2.24) is 28.5 Å². The Balaban J connectivity index is 1.46. The van der Waals surface area contributed by atoms with Gasteiger partial charge in [0.05, 0.1) is 37.0 Å². The van der Waals surface area contributed by atoms with Gasteiger partial charge in [0, 0.05) is 6.07 Å². The third-order valence-electron chi connectivity index (χ3n) is 7.17. The zero-order valence-corrected chi connectivity index (χ0v) is 28.3. The Morgan fingerprint density at radius 3 is 2.15 bits per heavy atom. The van der Waals surface area contributed by atoms with Gasteiger partial charge in [-0.15, -0.1) is 15.3 Å². The fourth-order valence-corrected chi connectivity index (χ4v) is 6.24. The van der Waals surface area contributed by atoms with E-state index in [0.717, 1.165) is 29.5 Å². The van der Waals surface area contributed by atoms with Crippen LogP contribution in [-0.2, 0) is 9.47 Å². The summed E-state index contributed by atoms with van der Waals surface area (Å²) in [7, 11) is 2.58. The molecule has 2 unspecified atom stereocenters. The smallest absolute Gasteiger partial charge is 0.342 e. The number of nitrogens with two attached hydrogens (primary N) is 2. The minimum atomic E-state index is -1.21. The fraction of sp³-hybridized carbons (Fsp3) is 0.407. The number of nitrogen functional groups attached to an aromatic ring is 1. The topological polar surface area (TPSA) is 239 Å². The molecule has 0 saturated heterocycles. The SMILES string of the molecule is CCCC1=NN(c2cc(-n3nc(C)c(N=Nc4snc(C)c4C(=O)OC)c3N)ncn2)C(C)(N)C1N=Nc1snc(C)c1C(=O)OC. The summed E-state index contributed by atoms with van der Waals surface area (Å²) in [5, 5.41) is 28.8. The van der Waals surface area contributed by atoms with E-state index in [2.05, 4.69) is 44.3 Å². The van der Waals surface area contributed by atoms with Gasteiger partial charge in [0.1, 0.15) is 29.2 Å². The summed E-state index contributed by atoms with van der Waals surface area (Å²) < 4.78 is 19.5. The Hall–Kier alpha value is -5.08. The molecule has 5 heterocycles. The number of aromatic nitrogens is 6. The van der Waals surface area contributed by atoms with E-state index >= 15 is 0 Å². The molecular formula is C27H32N14O4S2. The molecule has 0 saturated carbocycles. The maximum absolute atomic E-state index is 12.3. The van der Waals surface area contributed by atoms with Crippen molar-refractivity contribution in [2.45, 2.75) is 59.2 Å². The van der Waals surface area contributed by atoms with Crippen molar-refractivity contribution < 1.29 is 19.1 Å². The predicted molar refractivity (Wildman–Crippen MR) is 175 cm³/mol. The van der Waals surface area contributed by atoms with Crippen LogP contribution in [-0.4, -0.2) is 72.1 Å². The van der Waals surface area contributed by atoms with E-state index in [1.54, 1.807) is 38.8 Å². The highest BCUT2D eigenvalue weighted by molar-refractivity contribution is 7.10. The Labute approximate surface area is 277 Å². The molecule has 4 aromatic heterocycles. The summed E-state index contributed by atoms with van der Waals surface area (Å²) in [5.74, 6) is -0.291. The molecule has 1 aliphatic heterocycles. The fourth-order valence-electron chi connectivity index (χ4n) is 4.80. The number of carbonyl (C=O) groups excluding carboxylic acids is 2. The van der Waals surface area contributed by atoms with Gasteiger partial charge in [-0.25, -0.2) is 24.6 Å². The molecule has 5 rings (SSSR count). The van der Waals surface area contributed by atoms with E-state index in [-0.39, 0.29) is 27.6 Å². The molecule has 0 bridgehead atoms. The lowest BCUT2D eigenvalue weighted by molar-refractivity contribution is 0.0592. The molecular weight excluding hydrogens is 649 g/mol. The zero-order valence-electron chi connectivity index (χ0n) is 26.6.